The van der Waals surface area contributed by atoms with Gasteiger partial charge in [0.05, 0.1) is 12.3 Å². The van der Waals surface area contributed by atoms with Crippen LogP contribution < -0.4 is 0 Å². The van der Waals surface area contributed by atoms with Gasteiger partial charge in [-0.2, -0.15) is 0 Å². The SMILES string of the molecule is Cl.O=C(O)C1CCN(C(=O)Cc2ccc(Cl)cc2Cl)C1. The molecule has 1 aliphatic heterocycles. The normalized spacial score (nSPS) is 17.7. The van der Waals surface area contributed by atoms with Crippen LogP contribution in [0.3, 0.4) is 0 Å². The van der Waals surface area contributed by atoms with Gasteiger partial charge < -0.3 is 10.0 Å². The molecule has 1 unspecified atom stereocenters. The van der Waals surface area contributed by atoms with Crippen molar-refractivity contribution < 1.29 is 14.7 Å². The maximum atomic E-state index is 12.1. The fraction of sp³-hybridized carbons (Fsp3) is 0.385. The van der Waals surface area contributed by atoms with Crippen molar-refractivity contribution in [2.24, 2.45) is 5.92 Å². The Labute approximate surface area is 133 Å². The van der Waals surface area contributed by atoms with Crippen LogP contribution in [0, 0.1) is 5.92 Å². The van der Waals surface area contributed by atoms with Crippen molar-refractivity contribution in [1.82, 2.24) is 4.90 Å². The monoisotopic (exact) mass is 337 g/mol. The van der Waals surface area contributed by atoms with Crippen LogP contribution in [0.25, 0.3) is 0 Å². The van der Waals surface area contributed by atoms with Gasteiger partial charge in [-0.1, -0.05) is 29.3 Å². The van der Waals surface area contributed by atoms with Gasteiger partial charge in [-0.05, 0) is 24.1 Å². The van der Waals surface area contributed by atoms with Gasteiger partial charge in [-0.15, -0.1) is 12.4 Å². The Morgan fingerprint density at radius 3 is 2.60 bits per heavy atom. The number of nitrogens with zero attached hydrogens (tertiary/aromatic N) is 1. The quantitative estimate of drug-likeness (QED) is 0.922. The number of benzene rings is 1. The molecule has 1 N–H and O–H groups in total. The first-order chi connectivity index (χ1) is 8.97. The molecule has 0 radical (unpaired) electrons. The van der Waals surface area contributed by atoms with Crippen molar-refractivity contribution in [3.63, 3.8) is 0 Å². The lowest BCUT2D eigenvalue weighted by Gasteiger charge is -2.16. The first-order valence-electron chi connectivity index (χ1n) is 5.92. The van der Waals surface area contributed by atoms with E-state index in [1.165, 1.54) is 0 Å². The molecule has 1 aliphatic rings. The number of carboxylic acid groups (broad SMARTS) is 1. The number of likely N-dealkylation sites (tertiary alicyclic amines) is 1. The van der Waals surface area contributed by atoms with Crippen LogP contribution in [-0.4, -0.2) is 35.0 Å². The van der Waals surface area contributed by atoms with E-state index in [9.17, 15) is 9.59 Å². The molecule has 0 aromatic heterocycles. The molecule has 1 heterocycles. The zero-order valence-electron chi connectivity index (χ0n) is 10.5. The highest BCUT2D eigenvalue weighted by atomic mass is 35.5. The molecule has 1 fully saturated rings. The second kappa shape index (κ2) is 7.16. The van der Waals surface area contributed by atoms with Crippen molar-refractivity contribution in [1.29, 1.82) is 0 Å². The molecule has 1 aromatic rings. The van der Waals surface area contributed by atoms with Gasteiger partial charge in [-0.3, -0.25) is 9.59 Å². The average molecular weight is 339 g/mol. The van der Waals surface area contributed by atoms with Gasteiger partial charge in [0.15, 0.2) is 0 Å². The number of aliphatic carboxylic acids is 1. The molecule has 0 saturated carbocycles. The van der Waals surface area contributed by atoms with E-state index in [1.54, 1.807) is 23.1 Å². The van der Waals surface area contributed by atoms with Crippen LogP contribution in [0.15, 0.2) is 18.2 Å². The average Bonchev–Trinajstić information content (AvgIpc) is 2.82. The van der Waals surface area contributed by atoms with Gasteiger partial charge in [0.1, 0.15) is 0 Å². The van der Waals surface area contributed by atoms with Crippen LogP contribution in [0.2, 0.25) is 10.0 Å². The molecule has 4 nitrogen and oxygen atoms in total. The minimum Gasteiger partial charge on any atom is -0.481 e. The molecule has 1 amide bonds. The third kappa shape index (κ3) is 4.01. The van der Waals surface area contributed by atoms with Crippen molar-refractivity contribution in [2.75, 3.05) is 13.1 Å². The lowest BCUT2D eigenvalue weighted by atomic mass is 10.1. The first kappa shape index (κ1) is 17.1. The highest BCUT2D eigenvalue weighted by molar-refractivity contribution is 6.35. The number of hydrogen-bond acceptors (Lipinski definition) is 2. The van der Waals surface area contributed by atoms with E-state index in [0.717, 1.165) is 0 Å². The molecule has 2 rings (SSSR count). The summed E-state index contributed by atoms with van der Waals surface area (Å²) in [5, 5.41) is 9.88. The molecular formula is C13H14Cl3NO3. The molecule has 20 heavy (non-hydrogen) atoms. The largest absolute Gasteiger partial charge is 0.481 e. The minimum atomic E-state index is -0.847. The summed E-state index contributed by atoms with van der Waals surface area (Å²) in [6.45, 7) is 0.764. The topological polar surface area (TPSA) is 57.6 Å². The summed E-state index contributed by atoms with van der Waals surface area (Å²) in [7, 11) is 0. The third-order valence-electron chi connectivity index (χ3n) is 3.25. The Balaban J connectivity index is 0.00000200. The van der Waals surface area contributed by atoms with Crippen LogP contribution >= 0.6 is 35.6 Å². The van der Waals surface area contributed by atoms with Crippen molar-refractivity contribution in [3.05, 3.63) is 33.8 Å². The summed E-state index contributed by atoms with van der Waals surface area (Å²) < 4.78 is 0. The van der Waals surface area contributed by atoms with Crippen molar-refractivity contribution in [3.8, 4) is 0 Å². The summed E-state index contributed by atoms with van der Waals surface area (Å²) in [5.41, 5.74) is 0.704. The second-order valence-electron chi connectivity index (χ2n) is 4.58. The van der Waals surface area contributed by atoms with Crippen LogP contribution in [-0.2, 0) is 16.0 Å². The predicted molar refractivity (Wildman–Crippen MR) is 79.7 cm³/mol. The predicted octanol–water partition coefficient (Wildman–Crippen LogP) is 2.89. The Morgan fingerprint density at radius 2 is 2.05 bits per heavy atom. The molecule has 110 valence electrons. The van der Waals surface area contributed by atoms with E-state index >= 15 is 0 Å². The van der Waals surface area contributed by atoms with Gasteiger partial charge >= 0.3 is 5.97 Å². The Kier molecular flexibility index (Phi) is 6.11. The summed E-state index contributed by atoms with van der Waals surface area (Å²) in [6, 6.07) is 4.99. The van der Waals surface area contributed by atoms with Crippen molar-refractivity contribution in [2.45, 2.75) is 12.8 Å². The molecule has 1 saturated heterocycles. The number of carbonyl (C=O) groups excluding carboxylic acids is 1. The summed E-state index contributed by atoms with van der Waals surface area (Å²) in [6.07, 6.45) is 0.678. The van der Waals surface area contributed by atoms with E-state index in [1.807, 2.05) is 0 Å². The summed E-state index contributed by atoms with van der Waals surface area (Å²) in [4.78, 5) is 24.5. The van der Waals surface area contributed by atoms with Gasteiger partial charge in [0.25, 0.3) is 0 Å². The maximum Gasteiger partial charge on any atom is 0.308 e. The van der Waals surface area contributed by atoms with Crippen LogP contribution in [0.1, 0.15) is 12.0 Å². The molecule has 0 spiro atoms. The molecule has 1 aromatic carbocycles. The van der Waals surface area contributed by atoms with Crippen molar-refractivity contribution >= 4 is 47.5 Å². The molecule has 0 bridgehead atoms. The van der Waals surface area contributed by atoms with E-state index < -0.39 is 11.9 Å². The molecule has 1 atom stereocenters. The fourth-order valence-corrected chi connectivity index (χ4v) is 2.60. The highest BCUT2D eigenvalue weighted by Crippen LogP contribution is 2.23. The number of amides is 1. The smallest absolute Gasteiger partial charge is 0.308 e. The Hall–Kier alpha value is -0.970. The van der Waals surface area contributed by atoms with E-state index in [2.05, 4.69) is 0 Å². The number of rotatable bonds is 3. The lowest BCUT2D eigenvalue weighted by Crippen LogP contribution is -2.31. The Bertz CT molecular complexity index is 522. The Morgan fingerprint density at radius 1 is 1.35 bits per heavy atom. The summed E-state index contributed by atoms with van der Waals surface area (Å²) in [5.74, 6) is -1.41. The molecular weight excluding hydrogens is 325 g/mol. The third-order valence-corrected chi connectivity index (χ3v) is 3.83. The summed E-state index contributed by atoms with van der Waals surface area (Å²) >= 11 is 11.8. The number of halogens is 3. The second-order valence-corrected chi connectivity index (χ2v) is 5.42. The maximum absolute atomic E-state index is 12.1. The van der Waals surface area contributed by atoms with E-state index in [-0.39, 0.29) is 31.3 Å². The van der Waals surface area contributed by atoms with Gasteiger partial charge in [-0.25, -0.2) is 0 Å². The van der Waals surface area contributed by atoms with Gasteiger partial charge in [0.2, 0.25) is 5.91 Å². The zero-order chi connectivity index (χ0) is 14.0. The van der Waals surface area contributed by atoms with E-state index in [0.29, 0.717) is 28.6 Å². The molecule has 7 heteroatoms. The van der Waals surface area contributed by atoms with Gasteiger partial charge in [0, 0.05) is 23.1 Å². The van der Waals surface area contributed by atoms with E-state index in [4.69, 9.17) is 28.3 Å². The minimum absolute atomic E-state index is 0. The lowest BCUT2D eigenvalue weighted by molar-refractivity contribution is -0.141. The molecule has 0 aliphatic carbocycles. The van der Waals surface area contributed by atoms with Crippen LogP contribution in [0.5, 0.6) is 0 Å². The highest BCUT2D eigenvalue weighted by Gasteiger charge is 2.30. The number of carboxylic acids is 1. The standard InChI is InChI=1S/C13H13Cl2NO3.ClH/c14-10-2-1-8(11(15)6-10)5-12(17)16-4-3-9(7-16)13(18)19;/h1-2,6,9H,3-5,7H2,(H,18,19);1H. The zero-order valence-corrected chi connectivity index (χ0v) is 12.8. The van der Waals surface area contributed by atoms with Crippen LogP contribution in [0.4, 0.5) is 0 Å². The fourth-order valence-electron chi connectivity index (χ4n) is 2.13. The number of hydrogen-bond donors (Lipinski definition) is 1. The first-order valence-corrected chi connectivity index (χ1v) is 6.67. The number of carbonyl (C=O) groups is 2.